The van der Waals surface area contributed by atoms with Crippen LogP contribution in [-0.4, -0.2) is 34.3 Å². The molecule has 2 atom stereocenters. The Bertz CT molecular complexity index is 1280. The Labute approximate surface area is 194 Å². The van der Waals surface area contributed by atoms with Crippen LogP contribution in [0.5, 0.6) is 0 Å². The fourth-order valence-electron chi connectivity index (χ4n) is 4.30. The van der Waals surface area contributed by atoms with Gasteiger partial charge in [-0.2, -0.15) is 9.61 Å². The largest absolute Gasteiger partial charge is 0.299 e. The van der Waals surface area contributed by atoms with Crippen molar-refractivity contribution in [1.82, 2.24) is 34.3 Å². The van der Waals surface area contributed by atoms with Gasteiger partial charge in [-0.15, -0.1) is 10.2 Å². The zero-order valence-corrected chi connectivity index (χ0v) is 19.8. The first-order valence-corrected chi connectivity index (χ1v) is 12.8. The molecule has 10 heteroatoms. The van der Waals surface area contributed by atoms with Gasteiger partial charge < -0.3 is 0 Å². The predicted molar refractivity (Wildman–Crippen MR) is 126 cm³/mol. The quantitative estimate of drug-likeness (QED) is 0.388. The molecule has 5 rings (SSSR count). The third kappa shape index (κ3) is 4.09. The van der Waals surface area contributed by atoms with E-state index in [2.05, 4.69) is 36.8 Å². The Hall–Kier alpha value is -2.59. The van der Waals surface area contributed by atoms with Crippen LogP contribution in [0, 0.1) is 5.92 Å². The molecule has 0 spiro atoms. The summed E-state index contributed by atoms with van der Waals surface area (Å²) in [6, 6.07) is 5.88. The number of aryl methyl sites for hydroxylation is 1. The summed E-state index contributed by atoms with van der Waals surface area (Å²) in [7, 11) is 0. The monoisotopic (exact) mass is 467 g/mol. The van der Waals surface area contributed by atoms with Crippen LogP contribution >= 0.6 is 23.1 Å². The molecular weight excluding hydrogens is 442 g/mol. The molecule has 1 fully saturated rings. The molecule has 0 radical (unpaired) electrons. The summed E-state index contributed by atoms with van der Waals surface area (Å²) in [5, 5.41) is 15.2. The number of aromatic nitrogens is 7. The third-order valence-electron chi connectivity index (χ3n) is 5.97. The van der Waals surface area contributed by atoms with Crippen molar-refractivity contribution in [2.75, 3.05) is 0 Å². The SMILES string of the molecule is CCc1nn2c(=O)cc(CSc3nnc(-c4cccnc4)n3C3CCCCC3C)nc2s1. The van der Waals surface area contributed by atoms with E-state index in [4.69, 9.17) is 0 Å². The van der Waals surface area contributed by atoms with Crippen LogP contribution in [0.4, 0.5) is 0 Å². The highest BCUT2D eigenvalue weighted by Crippen LogP contribution is 2.39. The van der Waals surface area contributed by atoms with E-state index in [1.54, 1.807) is 24.0 Å². The summed E-state index contributed by atoms with van der Waals surface area (Å²) < 4.78 is 3.68. The highest BCUT2D eigenvalue weighted by molar-refractivity contribution is 7.98. The van der Waals surface area contributed by atoms with Gasteiger partial charge in [-0.3, -0.25) is 14.3 Å². The number of rotatable bonds is 6. The lowest BCUT2D eigenvalue weighted by Gasteiger charge is -2.31. The molecule has 0 aliphatic heterocycles. The van der Waals surface area contributed by atoms with Crippen molar-refractivity contribution in [2.45, 2.75) is 62.9 Å². The molecule has 1 saturated carbocycles. The minimum absolute atomic E-state index is 0.139. The standard InChI is InChI=1S/C22H25N7OS2/c1-3-18-27-29-19(30)11-16(24-21(29)32-18)13-31-22-26-25-20(15-8-6-10-23-12-15)28(22)17-9-5-4-7-14(17)2/h6,8,10-12,14,17H,3-5,7,9,13H2,1-2H3. The van der Waals surface area contributed by atoms with Crippen molar-refractivity contribution in [3.05, 3.63) is 51.6 Å². The lowest BCUT2D eigenvalue weighted by atomic mass is 9.85. The van der Waals surface area contributed by atoms with E-state index in [1.165, 1.54) is 35.1 Å². The Morgan fingerprint density at radius 2 is 2.12 bits per heavy atom. The first-order chi connectivity index (χ1) is 15.6. The molecule has 0 aromatic carbocycles. The Morgan fingerprint density at radius 1 is 1.25 bits per heavy atom. The number of nitrogens with zero attached hydrogens (tertiary/aromatic N) is 7. The van der Waals surface area contributed by atoms with Gasteiger partial charge in [-0.05, 0) is 37.3 Å². The predicted octanol–water partition coefficient (Wildman–Crippen LogP) is 4.41. The average molecular weight is 468 g/mol. The van der Waals surface area contributed by atoms with Crippen LogP contribution in [0.1, 0.15) is 56.3 Å². The smallest absolute Gasteiger partial charge is 0.275 e. The molecule has 2 unspecified atom stereocenters. The maximum atomic E-state index is 12.5. The van der Waals surface area contributed by atoms with Gasteiger partial charge in [0.25, 0.3) is 5.56 Å². The topological polar surface area (TPSA) is 90.9 Å². The van der Waals surface area contributed by atoms with Crippen LogP contribution in [0.3, 0.4) is 0 Å². The number of thioether (sulfide) groups is 1. The maximum absolute atomic E-state index is 12.5. The van der Waals surface area contributed by atoms with Crippen LogP contribution in [0.15, 0.2) is 40.5 Å². The molecule has 0 N–H and O–H groups in total. The molecule has 1 aliphatic rings. The van der Waals surface area contributed by atoms with Crippen LogP contribution in [0.2, 0.25) is 0 Å². The molecule has 0 amide bonds. The van der Waals surface area contributed by atoms with Crippen molar-refractivity contribution in [3.63, 3.8) is 0 Å². The number of hydrogen-bond donors (Lipinski definition) is 0. The van der Waals surface area contributed by atoms with Gasteiger partial charge >= 0.3 is 0 Å². The molecule has 166 valence electrons. The van der Waals surface area contributed by atoms with Crippen molar-refractivity contribution < 1.29 is 0 Å². The van der Waals surface area contributed by atoms with Crippen LogP contribution in [-0.2, 0) is 12.2 Å². The average Bonchev–Trinajstić information content (AvgIpc) is 3.43. The van der Waals surface area contributed by atoms with Crippen LogP contribution in [0.25, 0.3) is 16.3 Å². The first kappa shape index (κ1) is 21.3. The van der Waals surface area contributed by atoms with E-state index in [0.29, 0.717) is 22.7 Å². The summed E-state index contributed by atoms with van der Waals surface area (Å²) in [5.74, 6) is 1.97. The zero-order chi connectivity index (χ0) is 22.1. The van der Waals surface area contributed by atoms with E-state index in [0.717, 1.165) is 40.1 Å². The highest BCUT2D eigenvalue weighted by Gasteiger charge is 2.28. The number of hydrogen-bond acceptors (Lipinski definition) is 8. The summed E-state index contributed by atoms with van der Waals surface area (Å²) in [6.45, 7) is 4.34. The summed E-state index contributed by atoms with van der Waals surface area (Å²) in [4.78, 5) is 22.1. The first-order valence-electron chi connectivity index (χ1n) is 11.0. The number of pyridine rings is 1. The van der Waals surface area contributed by atoms with Gasteiger partial charge in [0.1, 0.15) is 5.01 Å². The van der Waals surface area contributed by atoms with E-state index in [-0.39, 0.29) is 5.56 Å². The van der Waals surface area contributed by atoms with E-state index < -0.39 is 0 Å². The van der Waals surface area contributed by atoms with Gasteiger partial charge in [0.15, 0.2) is 11.0 Å². The summed E-state index contributed by atoms with van der Waals surface area (Å²) in [6.07, 6.45) is 9.21. The van der Waals surface area contributed by atoms with E-state index in [9.17, 15) is 4.79 Å². The Morgan fingerprint density at radius 3 is 2.91 bits per heavy atom. The van der Waals surface area contributed by atoms with Gasteiger partial charge in [-0.25, -0.2) is 4.98 Å². The zero-order valence-electron chi connectivity index (χ0n) is 18.1. The molecule has 0 saturated heterocycles. The fourth-order valence-corrected chi connectivity index (χ4v) is 6.04. The lowest BCUT2D eigenvalue weighted by molar-refractivity contribution is 0.247. The van der Waals surface area contributed by atoms with E-state index in [1.807, 2.05) is 25.3 Å². The highest BCUT2D eigenvalue weighted by atomic mass is 32.2. The Kier molecular flexibility index (Phi) is 6.05. The van der Waals surface area contributed by atoms with Gasteiger partial charge in [0, 0.05) is 35.8 Å². The Balaban J connectivity index is 1.48. The molecule has 8 nitrogen and oxygen atoms in total. The second kappa shape index (κ2) is 9.11. The van der Waals surface area contributed by atoms with Gasteiger partial charge in [0.05, 0.1) is 5.69 Å². The molecular formula is C22H25N7OS2. The molecule has 4 aromatic heterocycles. The minimum Gasteiger partial charge on any atom is -0.299 e. The molecule has 32 heavy (non-hydrogen) atoms. The lowest BCUT2D eigenvalue weighted by Crippen LogP contribution is -2.22. The van der Waals surface area contributed by atoms with Crippen molar-refractivity contribution in [2.24, 2.45) is 5.92 Å². The van der Waals surface area contributed by atoms with Crippen molar-refractivity contribution in [3.8, 4) is 11.4 Å². The summed E-state index contributed by atoms with van der Waals surface area (Å²) >= 11 is 3.05. The van der Waals surface area contributed by atoms with Crippen LogP contribution < -0.4 is 5.56 Å². The number of fused-ring (bicyclic) bond motifs is 1. The normalized spacial score (nSPS) is 18.9. The summed E-state index contributed by atoms with van der Waals surface area (Å²) in [5.41, 5.74) is 1.57. The second-order valence-electron chi connectivity index (χ2n) is 8.17. The minimum atomic E-state index is -0.139. The molecule has 0 bridgehead atoms. The molecule has 4 heterocycles. The molecule has 1 aliphatic carbocycles. The fraction of sp³-hybridized carbons (Fsp3) is 0.455. The molecule has 4 aromatic rings. The van der Waals surface area contributed by atoms with E-state index >= 15 is 0 Å². The van der Waals surface area contributed by atoms with Gasteiger partial charge in [-0.1, -0.05) is 49.8 Å². The second-order valence-corrected chi connectivity index (χ2v) is 10.1. The van der Waals surface area contributed by atoms with Crippen molar-refractivity contribution in [1.29, 1.82) is 0 Å². The van der Waals surface area contributed by atoms with Crippen molar-refractivity contribution >= 4 is 28.1 Å². The maximum Gasteiger partial charge on any atom is 0.275 e. The van der Waals surface area contributed by atoms with Gasteiger partial charge in [0.2, 0.25) is 4.96 Å². The third-order valence-corrected chi connectivity index (χ3v) is 8.00.